The van der Waals surface area contributed by atoms with Crippen molar-refractivity contribution in [1.29, 1.82) is 0 Å². The van der Waals surface area contributed by atoms with Crippen LogP contribution in [0.4, 0.5) is 0 Å². The number of benzene rings is 1. The van der Waals surface area contributed by atoms with Crippen molar-refractivity contribution in [3.8, 4) is 0 Å². The van der Waals surface area contributed by atoms with Crippen LogP contribution in [0.1, 0.15) is 53.7 Å². The highest BCUT2D eigenvalue weighted by atomic mass is 16.3. The highest BCUT2D eigenvalue weighted by Gasteiger charge is 2.22. The van der Waals surface area contributed by atoms with Crippen LogP contribution in [0.5, 0.6) is 0 Å². The van der Waals surface area contributed by atoms with E-state index >= 15 is 0 Å². The number of hydrogen-bond donors (Lipinski definition) is 2. The molecular formula is C25H22N4O4. The van der Waals surface area contributed by atoms with Crippen molar-refractivity contribution in [1.82, 2.24) is 19.9 Å². The van der Waals surface area contributed by atoms with Crippen molar-refractivity contribution in [2.24, 2.45) is 0 Å². The third kappa shape index (κ3) is 4.79. The standard InChI is InChI=1S/C25H22N4O4/c1-25(2,3)22-18(27-14-33-22)12-20-24(32)28-19(23(31)29-20)11-15-6-4-7-16(10-15)21(30)17-8-5-9-26-13-17/h4-14H,1-3H3,(H,28,32)(H,29,31). The van der Waals surface area contributed by atoms with Gasteiger partial charge in [0.1, 0.15) is 22.2 Å². The second-order valence-electron chi connectivity index (χ2n) is 8.54. The van der Waals surface area contributed by atoms with Gasteiger partial charge in [-0.15, -0.1) is 0 Å². The Labute approximate surface area is 188 Å². The number of H-pyrrole nitrogens is 2. The molecule has 8 nitrogen and oxygen atoms in total. The van der Waals surface area contributed by atoms with E-state index in [4.69, 9.17) is 4.42 Å². The van der Waals surface area contributed by atoms with E-state index in [1.54, 1.807) is 42.6 Å². The van der Waals surface area contributed by atoms with Crippen LogP contribution in [0.25, 0.3) is 12.2 Å². The monoisotopic (exact) mass is 442 g/mol. The molecule has 0 unspecified atom stereocenters. The summed E-state index contributed by atoms with van der Waals surface area (Å²) in [4.78, 5) is 51.3. The molecule has 166 valence electrons. The molecule has 0 spiro atoms. The average molecular weight is 442 g/mol. The van der Waals surface area contributed by atoms with Gasteiger partial charge in [-0.1, -0.05) is 39.0 Å². The molecule has 1 aromatic carbocycles. The predicted molar refractivity (Wildman–Crippen MR) is 123 cm³/mol. The number of ketones is 1. The molecule has 8 heteroatoms. The molecule has 4 aromatic rings. The minimum absolute atomic E-state index is 0.0667. The first kappa shape index (κ1) is 21.9. The average Bonchev–Trinajstić information content (AvgIpc) is 3.26. The van der Waals surface area contributed by atoms with Gasteiger partial charge in [0.2, 0.25) is 0 Å². The van der Waals surface area contributed by atoms with E-state index in [0.29, 0.717) is 28.1 Å². The SMILES string of the molecule is CC(C)(C)c1ocnc1C=c1[nH]c(=O)c(=Cc2cccc(C(=O)c3cccnc3)c2)[nH]c1=O. The Kier molecular flexibility index (Phi) is 5.74. The van der Waals surface area contributed by atoms with Crippen LogP contribution < -0.4 is 21.8 Å². The number of aromatic amines is 2. The maximum Gasteiger partial charge on any atom is 0.272 e. The fourth-order valence-corrected chi connectivity index (χ4v) is 3.35. The molecule has 3 heterocycles. The fraction of sp³-hybridized carbons (Fsp3) is 0.160. The molecule has 0 saturated heterocycles. The van der Waals surface area contributed by atoms with Gasteiger partial charge in [-0.3, -0.25) is 19.4 Å². The summed E-state index contributed by atoms with van der Waals surface area (Å²) in [5.41, 5.74) is 0.694. The second-order valence-corrected chi connectivity index (χ2v) is 8.54. The van der Waals surface area contributed by atoms with Crippen LogP contribution in [0.15, 0.2) is 69.2 Å². The number of nitrogens with one attached hydrogen (secondary N) is 2. The van der Waals surface area contributed by atoms with Crippen LogP contribution in [-0.2, 0) is 5.41 Å². The van der Waals surface area contributed by atoms with Crippen molar-refractivity contribution in [2.45, 2.75) is 26.2 Å². The highest BCUT2D eigenvalue weighted by Crippen LogP contribution is 2.25. The number of carbonyl (C=O) groups is 1. The van der Waals surface area contributed by atoms with Crippen LogP contribution in [0.3, 0.4) is 0 Å². The smallest absolute Gasteiger partial charge is 0.272 e. The highest BCUT2D eigenvalue weighted by molar-refractivity contribution is 6.09. The fourth-order valence-electron chi connectivity index (χ4n) is 3.35. The number of pyridine rings is 1. The van der Waals surface area contributed by atoms with E-state index in [9.17, 15) is 14.4 Å². The van der Waals surface area contributed by atoms with Gasteiger partial charge < -0.3 is 14.4 Å². The largest absolute Gasteiger partial charge is 0.447 e. The number of carbonyl (C=O) groups excluding carboxylic acids is 1. The van der Waals surface area contributed by atoms with Gasteiger partial charge in [0.25, 0.3) is 11.1 Å². The molecule has 0 aliphatic heterocycles. The summed E-state index contributed by atoms with van der Waals surface area (Å²) in [5, 5.41) is 0.136. The quantitative estimate of drug-likeness (QED) is 0.464. The summed E-state index contributed by atoms with van der Waals surface area (Å²) in [5.74, 6) is 0.418. The minimum atomic E-state index is -0.481. The van der Waals surface area contributed by atoms with Crippen molar-refractivity contribution in [2.75, 3.05) is 0 Å². The summed E-state index contributed by atoms with van der Waals surface area (Å²) < 4.78 is 5.45. The molecule has 4 rings (SSSR count). The number of nitrogens with zero attached hydrogens (tertiary/aromatic N) is 2. The molecule has 0 saturated carbocycles. The van der Waals surface area contributed by atoms with Crippen molar-refractivity contribution < 1.29 is 9.21 Å². The molecule has 0 bridgehead atoms. The lowest BCUT2D eigenvalue weighted by atomic mass is 9.92. The molecule has 0 aliphatic rings. The first-order valence-corrected chi connectivity index (χ1v) is 10.3. The van der Waals surface area contributed by atoms with E-state index < -0.39 is 11.1 Å². The zero-order valence-electron chi connectivity index (χ0n) is 18.4. The number of oxazole rings is 1. The predicted octanol–water partition coefficient (Wildman–Crippen LogP) is 1.63. The molecule has 0 amide bonds. The topological polar surface area (TPSA) is 122 Å². The zero-order chi connectivity index (χ0) is 23.6. The van der Waals surface area contributed by atoms with Gasteiger partial charge in [-0.05, 0) is 35.9 Å². The summed E-state index contributed by atoms with van der Waals surface area (Å²) in [6, 6.07) is 10.2. The first-order valence-electron chi connectivity index (χ1n) is 10.3. The summed E-state index contributed by atoms with van der Waals surface area (Å²) in [6.45, 7) is 5.88. The van der Waals surface area contributed by atoms with Crippen LogP contribution in [0.2, 0.25) is 0 Å². The van der Waals surface area contributed by atoms with Gasteiger partial charge in [-0.2, -0.15) is 0 Å². The van der Waals surface area contributed by atoms with Gasteiger partial charge in [0, 0.05) is 28.9 Å². The van der Waals surface area contributed by atoms with Crippen molar-refractivity contribution in [3.63, 3.8) is 0 Å². The van der Waals surface area contributed by atoms with Crippen molar-refractivity contribution >= 4 is 17.9 Å². The summed E-state index contributed by atoms with van der Waals surface area (Å²) >= 11 is 0. The Balaban J connectivity index is 1.74. The molecule has 33 heavy (non-hydrogen) atoms. The summed E-state index contributed by atoms with van der Waals surface area (Å²) in [6.07, 6.45) is 7.40. The van der Waals surface area contributed by atoms with Crippen LogP contribution >= 0.6 is 0 Å². The van der Waals surface area contributed by atoms with Gasteiger partial charge in [-0.25, -0.2) is 4.98 Å². The number of hydrogen-bond acceptors (Lipinski definition) is 6. The number of rotatable bonds is 4. The van der Waals surface area contributed by atoms with Crippen LogP contribution in [0, 0.1) is 0 Å². The Morgan fingerprint density at radius 3 is 2.33 bits per heavy atom. The maximum atomic E-state index is 12.7. The normalized spacial score (nSPS) is 12.8. The van der Waals surface area contributed by atoms with E-state index in [0.717, 1.165) is 0 Å². The first-order chi connectivity index (χ1) is 15.7. The lowest BCUT2D eigenvalue weighted by Crippen LogP contribution is -2.46. The molecule has 2 N–H and O–H groups in total. The van der Waals surface area contributed by atoms with Crippen LogP contribution in [-0.4, -0.2) is 25.7 Å². The molecule has 0 radical (unpaired) electrons. The third-order valence-corrected chi connectivity index (χ3v) is 4.93. The Hall–Kier alpha value is -4.33. The zero-order valence-corrected chi connectivity index (χ0v) is 18.4. The lowest BCUT2D eigenvalue weighted by molar-refractivity contribution is 0.103. The summed E-state index contributed by atoms with van der Waals surface area (Å²) in [7, 11) is 0. The van der Waals surface area contributed by atoms with E-state index in [1.165, 1.54) is 24.7 Å². The Morgan fingerprint density at radius 2 is 1.67 bits per heavy atom. The third-order valence-electron chi connectivity index (χ3n) is 4.93. The minimum Gasteiger partial charge on any atom is -0.447 e. The Bertz CT molecular complexity index is 1550. The molecule has 0 atom stereocenters. The van der Waals surface area contributed by atoms with Gasteiger partial charge >= 0.3 is 0 Å². The molecular weight excluding hydrogens is 420 g/mol. The van der Waals surface area contributed by atoms with E-state index in [1.807, 2.05) is 20.8 Å². The van der Waals surface area contributed by atoms with Gasteiger partial charge in [0.05, 0.1) is 0 Å². The Morgan fingerprint density at radius 1 is 0.970 bits per heavy atom. The number of aromatic nitrogens is 4. The van der Waals surface area contributed by atoms with Crippen molar-refractivity contribution in [3.05, 3.63) is 115 Å². The van der Waals surface area contributed by atoms with Gasteiger partial charge in [0.15, 0.2) is 12.2 Å². The maximum absolute atomic E-state index is 12.7. The second kappa shape index (κ2) is 8.66. The molecule has 0 fully saturated rings. The lowest BCUT2D eigenvalue weighted by Gasteiger charge is -2.14. The molecule has 0 aliphatic carbocycles. The van der Waals surface area contributed by atoms with E-state index in [2.05, 4.69) is 19.9 Å². The van der Waals surface area contributed by atoms with E-state index in [-0.39, 0.29) is 21.9 Å². The molecule has 3 aromatic heterocycles.